The lowest BCUT2D eigenvalue weighted by atomic mass is 9.95. The maximum Gasteiger partial charge on any atom is 0.123 e. The minimum atomic E-state index is -0.217. The van der Waals surface area contributed by atoms with E-state index in [9.17, 15) is 4.39 Å². The van der Waals surface area contributed by atoms with Crippen molar-refractivity contribution >= 4 is 15.9 Å². The molecule has 2 rings (SSSR count). The van der Waals surface area contributed by atoms with Crippen molar-refractivity contribution in [2.24, 2.45) is 0 Å². The molecule has 1 atom stereocenters. The molecule has 0 fully saturated rings. The third kappa shape index (κ3) is 3.02. The molecule has 2 aromatic carbocycles. The number of hydrogen-bond donors (Lipinski definition) is 1. The van der Waals surface area contributed by atoms with Gasteiger partial charge in [-0.25, -0.2) is 4.39 Å². The van der Waals surface area contributed by atoms with E-state index >= 15 is 0 Å². The standard InChI is InChI=1S/C16H17BrFNO/c1-10-8-11(18)4-6-13(10)16(19-2)14-9-12(20-3)5-7-15(14)17/h4-9,16,19H,1-3H3. The largest absolute Gasteiger partial charge is 0.497 e. The Kier molecular flexibility index (Phi) is 4.78. The smallest absolute Gasteiger partial charge is 0.123 e. The van der Waals surface area contributed by atoms with E-state index in [4.69, 9.17) is 4.74 Å². The van der Waals surface area contributed by atoms with Crippen molar-refractivity contribution in [3.8, 4) is 5.75 Å². The normalized spacial score (nSPS) is 12.2. The van der Waals surface area contributed by atoms with Crippen LogP contribution >= 0.6 is 15.9 Å². The minimum absolute atomic E-state index is 0.0277. The molecule has 0 bridgehead atoms. The molecule has 0 aliphatic heterocycles. The molecule has 2 aromatic rings. The van der Waals surface area contributed by atoms with Gasteiger partial charge in [0, 0.05) is 4.47 Å². The summed E-state index contributed by atoms with van der Waals surface area (Å²) in [6, 6.07) is 10.7. The average Bonchev–Trinajstić information content (AvgIpc) is 2.43. The van der Waals surface area contributed by atoms with Crippen molar-refractivity contribution in [2.45, 2.75) is 13.0 Å². The van der Waals surface area contributed by atoms with Crippen LogP contribution < -0.4 is 10.1 Å². The molecule has 0 heterocycles. The van der Waals surface area contributed by atoms with Gasteiger partial charge < -0.3 is 10.1 Å². The lowest BCUT2D eigenvalue weighted by molar-refractivity contribution is 0.413. The van der Waals surface area contributed by atoms with Gasteiger partial charge in [-0.3, -0.25) is 0 Å². The minimum Gasteiger partial charge on any atom is -0.497 e. The Balaban J connectivity index is 2.51. The van der Waals surface area contributed by atoms with E-state index in [-0.39, 0.29) is 11.9 Å². The van der Waals surface area contributed by atoms with E-state index in [1.807, 2.05) is 38.2 Å². The fourth-order valence-corrected chi connectivity index (χ4v) is 2.79. The summed E-state index contributed by atoms with van der Waals surface area (Å²) in [7, 11) is 3.53. The van der Waals surface area contributed by atoms with Gasteiger partial charge in [-0.2, -0.15) is 0 Å². The Morgan fingerprint density at radius 1 is 1.15 bits per heavy atom. The zero-order valence-corrected chi connectivity index (χ0v) is 13.3. The van der Waals surface area contributed by atoms with Crippen LogP contribution in [0.4, 0.5) is 4.39 Å². The van der Waals surface area contributed by atoms with Gasteiger partial charge in [-0.15, -0.1) is 0 Å². The van der Waals surface area contributed by atoms with E-state index in [1.165, 1.54) is 6.07 Å². The molecule has 2 nitrogen and oxygen atoms in total. The summed E-state index contributed by atoms with van der Waals surface area (Å²) in [6.07, 6.45) is 0. The first-order valence-corrected chi connectivity index (χ1v) is 7.13. The molecule has 0 spiro atoms. The van der Waals surface area contributed by atoms with Crippen LogP contribution in [-0.2, 0) is 0 Å². The molecule has 4 heteroatoms. The van der Waals surface area contributed by atoms with E-state index in [2.05, 4.69) is 21.2 Å². The van der Waals surface area contributed by atoms with Gasteiger partial charge in [0.15, 0.2) is 0 Å². The number of rotatable bonds is 4. The molecule has 0 radical (unpaired) electrons. The first kappa shape index (κ1) is 15.0. The van der Waals surface area contributed by atoms with Crippen molar-refractivity contribution < 1.29 is 9.13 Å². The Bertz CT molecular complexity index is 615. The number of hydrogen-bond acceptors (Lipinski definition) is 2. The van der Waals surface area contributed by atoms with E-state index in [0.717, 1.165) is 26.9 Å². The van der Waals surface area contributed by atoms with Crippen LogP contribution in [-0.4, -0.2) is 14.2 Å². The van der Waals surface area contributed by atoms with Crippen molar-refractivity contribution in [3.05, 3.63) is 63.4 Å². The van der Waals surface area contributed by atoms with Crippen molar-refractivity contribution in [1.82, 2.24) is 5.32 Å². The van der Waals surface area contributed by atoms with Gasteiger partial charge in [0.1, 0.15) is 11.6 Å². The van der Waals surface area contributed by atoms with Crippen molar-refractivity contribution in [2.75, 3.05) is 14.2 Å². The molecule has 0 aliphatic rings. The van der Waals surface area contributed by atoms with E-state index < -0.39 is 0 Å². The first-order chi connectivity index (χ1) is 9.56. The number of halogens is 2. The number of methoxy groups -OCH3 is 1. The zero-order chi connectivity index (χ0) is 14.7. The highest BCUT2D eigenvalue weighted by atomic mass is 79.9. The number of benzene rings is 2. The highest BCUT2D eigenvalue weighted by Gasteiger charge is 2.18. The maximum absolute atomic E-state index is 13.3. The van der Waals surface area contributed by atoms with Gasteiger partial charge >= 0.3 is 0 Å². The molecular weight excluding hydrogens is 321 g/mol. The highest BCUT2D eigenvalue weighted by molar-refractivity contribution is 9.10. The van der Waals surface area contributed by atoms with Gasteiger partial charge in [-0.05, 0) is 61.0 Å². The van der Waals surface area contributed by atoms with Gasteiger partial charge in [0.2, 0.25) is 0 Å². The molecule has 0 aliphatic carbocycles. The number of ether oxygens (including phenoxy) is 1. The van der Waals surface area contributed by atoms with Crippen LogP contribution in [0.15, 0.2) is 40.9 Å². The Labute approximate surface area is 127 Å². The monoisotopic (exact) mass is 337 g/mol. The predicted octanol–water partition coefficient (Wildman–Crippen LogP) is 4.21. The van der Waals surface area contributed by atoms with Crippen LogP contribution in [0.3, 0.4) is 0 Å². The first-order valence-electron chi connectivity index (χ1n) is 6.33. The zero-order valence-electron chi connectivity index (χ0n) is 11.7. The second-order valence-electron chi connectivity index (χ2n) is 4.61. The third-order valence-corrected chi connectivity index (χ3v) is 4.07. The van der Waals surface area contributed by atoms with E-state index in [1.54, 1.807) is 13.2 Å². The fraction of sp³-hybridized carbons (Fsp3) is 0.250. The predicted molar refractivity (Wildman–Crippen MR) is 82.7 cm³/mol. The van der Waals surface area contributed by atoms with Crippen LogP contribution in [0, 0.1) is 12.7 Å². The Morgan fingerprint density at radius 3 is 2.50 bits per heavy atom. The summed E-state index contributed by atoms with van der Waals surface area (Å²) < 4.78 is 19.5. The van der Waals surface area contributed by atoms with Crippen molar-refractivity contribution in [3.63, 3.8) is 0 Å². The highest BCUT2D eigenvalue weighted by Crippen LogP contribution is 2.33. The summed E-state index contributed by atoms with van der Waals surface area (Å²) in [5.74, 6) is 0.578. The summed E-state index contributed by atoms with van der Waals surface area (Å²) in [4.78, 5) is 0. The van der Waals surface area contributed by atoms with Crippen LogP contribution in [0.25, 0.3) is 0 Å². The summed E-state index contributed by atoms with van der Waals surface area (Å²) in [5.41, 5.74) is 3.02. The molecule has 1 unspecified atom stereocenters. The van der Waals surface area contributed by atoms with Crippen LogP contribution in [0.5, 0.6) is 5.75 Å². The molecule has 0 aromatic heterocycles. The molecule has 0 saturated heterocycles. The third-order valence-electron chi connectivity index (χ3n) is 3.35. The molecular formula is C16H17BrFNO. The second kappa shape index (κ2) is 6.37. The fourth-order valence-electron chi connectivity index (χ4n) is 2.31. The summed E-state index contributed by atoms with van der Waals surface area (Å²) in [6.45, 7) is 1.91. The van der Waals surface area contributed by atoms with Gasteiger partial charge in [-0.1, -0.05) is 22.0 Å². The quantitative estimate of drug-likeness (QED) is 0.902. The van der Waals surface area contributed by atoms with Crippen molar-refractivity contribution in [1.29, 1.82) is 0 Å². The number of nitrogens with one attached hydrogen (secondary N) is 1. The van der Waals surface area contributed by atoms with E-state index in [0.29, 0.717) is 0 Å². The average molecular weight is 338 g/mol. The summed E-state index contributed by atoms with van der Waals surface area (Å²) in [5, 5.41) is 3.28. The molecule has 0 saturated carbocycles. The Morgan fingerprint density at radius 2 is 1.90 bits per heavy atom. The van der Waals surface area contributed by atoms with Crippen LogP contribution in [0.2, 0.25) is 0 Å². The lowest BCUT2D eigenvalue weighted by Gasteiger charge is -2.21. The summed E-state index contributed by atoms with van der Waals surface area (Å²) >= 11 is 3.57. The molecule has 0 amide bonds. The Hall–Kier alpha value is -1.39. The lowest BCUT2D eigenvalue weighted by Crippen LogP contribution is -2.19. The molecule has 20 heavy (non-hydrogen) atoms. The SMILES string of the molecule is CNC(c1ccc(F)cc1C)c1cc(OC)ccc1Br. The van der Waals surface area contributed by atoms with Crippen LogP contribution in [0.1, 0.15) is 22.7 Å². The maximum atomic E-state index is 13.3. The molecule has 106 valence electrons. The molecule has 1 N–H and O–H groups in total. The second-order valence-corrected chi connectivity index (χ2v) is 5.46. The topological polar surface area (TPSA) is 21.3 Å². The number of aryl methyl sites for hydroxylation is 1. The van der Waals surface area contributed by atoms with Gasteiger partial charge in [0.05, 0.1) is 13.2 Å². The van der Waals surface area contributed by atoms with Gasteiger partial charge in [0.25, 0.3) is 0 Å².